The van der Waals surface area contributed by atoms with Crippen molar-refractivity contribution in [1.29, 1.82) is 0 Å². The highest BCUT2D eigenvalue weighted by Gasteiger charge is 2.18. The maximum absolute atomic E-state index is 6.33. The third-order valence-corrected chi connectivity index (χ3v) is 8.44. The second-order valence-corrected chi connectivity index (χ2v) is 11.0. The van der Waals surface area contributed by atoms with Gasteiger partial charge in [-0.25, -0.2) is 0 Å². The van der Waals surface area contributed by atoms with Crippen LogP contribution >= 0.6 is 0 Å². The monoisotopic (exact) mass is 551 g/mol. The van der Waals surface area contributed by atoms with Gasteiger partial charge in [0.15, 0.2) is 0 Å². The van der Waals surface area contributed by atoms with Crippen LogP contribution in [0.4, 0.5) is 17.1 Å². The summed E-state index contributed by atoms with van der Waals surface area (Å²) >= 11 is 0. The van der Waals surface area contributed by atoms with E-state index >= 15 is 0 Å². The Balaban J connectivity index is 1.27. The fourth-order valence-corrected chi connectivity index (χ4v) is 6.44. The molecule has 0 aliphatic heterocycles. The van der Waals surface area contributed by atoms with Crippen LogP contribution in [0.3, 0.4) is 0 Å². The molecule has 0 N–H and O–H groups in total. The number of hydrogen-bond acceptors (Lipinski definition) is 3. The maximum atomic E-state index is 6.33. The maximum Gasteiger partial charge on any atom is 0.137 e. The normalized spacial score (nSPS) is 11.7. The van der Waals surface area contributed by atoms with Crippen molar-refractivity contribution in [2.75, 3.05) is 4.90 Å². The van der Waals surface area contributed by atoms with Gasteiger partial charge in [0.1, 0.15) is 22.3 Å². The van der Waals surface area contributed by atoms with Crippen LogP contribution in [0.15, 0.2) is 160 Å². The SMILES string of the molecule is c1cc(-c2cccc3ccccc23)cc(N(c2ccc3c(c2)oc2ccccc23)c2ccc3oc4ccccc4c3c2)c1. The second kappa shape index (κ2) is 9.37. The Morgan fingerprint density at radius 1 is 0.349 bits per heavy atom. The number of rotatable bonds is 4. The van der Waals surface area contributed by atoms with Gasteiger partial charge < -0.3 is 13.7 Å². The summed E-state index contributed by atoms with van der Waals surface area (Å²) in [6, 6.07) is 53.2. The van der Waals surface area contributed by atoms with E-state index in [-0.39, 0.29) is 0 Å². The van der Waals surface area contributed by atoms with E-state index < -0.39 is 0 Å². The standard InChI is InChI=1S/C40H25NO2/c1-2-13-31-26(9-1)10-8-16-32(31)27-11-7-12-28(23-27)41(29-20-22-39-36(24-29)34-15-4-6-18-38(34)42-39)30-19-21-35-33-14-3-5-17-37(33)43-40(35)25-30/h1-25H. The van der Waals surface area contributed by atoms with Crippen molar-refractivity contribution in [1.82, 2.24) is 0 Å². The van der Waals surface area contributed by atoms with Crippen molar-refractivity contribution in [2.45, 2.75) is 0 Å². The highest BCUT2D eigenvalue weighted by atomic mass is 16.3. The number of para-hydroxylation sites is 2. The molecule has 0 saturated heterocycles. The molecule has 0 atom stereocenters. The van der Waals surface area contributed by atoms with Gasteiger partial charge in [-0.15, -0.1) is 0 Å². The number of furan rings is 2. The molecule has 3 nitrogen and oxygen atoms in total. The van der Waals surface area contributed by atoms with Crippen LogP contribution < -0.4 is 4.90 Å². The van der Waals surface area contributed by atoms with Gasteiger partial charge in [-0.05, 0) is 76.5 Å². The van der Waals surface area contributed by atoms with Gasteiger partial charge >= 0.3 is 0 Å². The predicted octanol–water partition coefficient (Wildman–Crippen LogP) is 11.8. The van der Waals surface area contributed by atoms with E-state index in [4.69, 9.17) is 8.83 Å². The van der Waals surface area contributed by atoms with Crippen molar-refractivity contribution in [3.05, 3.63) is 152 Å². The van der Waals surface area contributed by atoms with Crippen molar-refractivity contribution < 1.29 is 8.83 Å². The summed E-state index contributed by atoms with van der Waals surface area (Å²) in [4.78, 5) is 2.31. The Labute approximate surface area is 247 Å². The zero-order chi connectivity index (χ0) is 28.3. The molecule has 0 saturated carbocycles. The Kier molecular flexibility index (Phi) is 5.20. The fraction of sp³-hybridized carbons (Fsp3) is 0. The van der Waals surface area contributed by atoms with Gasteiger partial charge in [-0.3, -0.25) is 0 Å². The zero-order valence-corrected chi connectivity index (χ0v) is 23.2. The van der Waals surface area contributed by atoms with Crippen LogP contribution in [-0.2, 0) is 0 Å². The van der Waals surface area contributed by atoms with Gasteiger partial charge in [0.05, 0.1) is 0 Å². The van der Waals surface area contributed by atoms with Crippen LogP contribution in [0.1, 0.15) is 0 Å². The van der Waals surface area contributed by atoms with Gasteiger partial charge in [0.2, 0.25) is 0 Å². The van der Waals surface area contributed by atoms with Gasteiger partial charge in [-0.1, -0.05) is 91.0 Å². The summed E-state index contributed by atoms with van der Waals surface area (Å²) in [5.41, 5.74) is 9.04. The molecule has 9 aromatic rings. The van der Waals surface area contributed by atoms with E-state index in [1.807, 2.05) is 24.3 Å². The Morgan fingerprint density at radius 3 is 1.79 bits per heavy atom. The Hall–Kier alpha value is -5.80. The number of hydrogen-bond donors (Lipinski definition) is 0. The van der Waals surface area contributed by atoms with Crippen molar-refractivity contribution in [3.8, 4) is 11.1 Å². The first-order valence-electron chi connectivity index (χ1n) is 14.5. The van der Waals surface area contributed by atoms with E-state index in [2.05, 4.69) is 132 Å². The molecule has 0 spiro atoms. The highest BCUT2D eigenvalue weighted by Crippen LogP contribution is 2.42. The molecule has 0 fully saturated rings. The largest absolute Gasteiger partial charge is 0.456 e. The first kappa shape index (κ1) is 23.9. The average Bonchev–Trinajstić information content (AvgIpc) is 3.62. The molecule has 43 heavy (non-hydrogen) atoms. The first-order valence-corrected chi connectivity index (χ1v) is 14.5. The average molecular weight is 552 g/mol. The Bertz CT molecular complexity index is 2480. The summed E-state index contributed by atoms with van der Waals surface area (Å²) in [5, 5.41) is 6.91. The van der Waals surface area contributed by atoms with E-state index in [9.17, 15) is 0 Å². The molecule has 7 aromatic carbocycles. The Morgan fingerprint density at radius 2 is 0.930 bits per heavy atom. The zero-order valence-electron chi connectivity index (χ0n) is 23.2. The lowest BCUT2D eigenvalue weighted by Gasteiger charge is -2.26. The lowest BCUT2D eigenvalue weighted by atomic mass is 9.97. The molecular formula is C40H25NO2. The number of nitrogens with zero attached hydrogens (tertiary/aromatic N) is 1. The lowest BCUT2D eigenvalue weighted by molar-refractivity contribution is 0.668. The molecule has 0 amide bonds. The molecule has 0 bridgehead atoms. The molecule has 0 aliphatic rings. The number of fused-ring (bicyclic) bond motifs is 7. The molecular weight excluding hydrogens is 526 g/mol. The first-order chi connectivity index (χ1) is 21.3. The minimum Gasteiger partial charge on any atom is -0.456 e. The summed E-state index contributed by atoms with van der Waals surface area (Å²) in [6.45, 7) is 0. The van der Waals surface area contributed by atoms with Crippen molar-refractivity contribution in [3.63, 3.8) is 0 Å². The van der Waals surface area contributed by atoms with Crippen LogP contribution in [0.5, 0.6) is 0 Å². The van der Waals surface area contributed by atoms with Crippen LogP contribution in [0.25, 0.3) is 65.8 Å². The molecule has 2 aromatic heterocycles. The fourth-order valence-electron chi connectivity index (χ4n) is 6.44. The number of benzene rings is 7. The summed E-state index contributed by atoms with van der Waals surface area (Å²) < 4.78 is 12.5. The molecule has 0 unspecified atom stereocenters. The van der Waals surface area contributed by atoms with Crippen molar-refractivity contribution >= 4 is 71.7 Å². The van der Waals surface area contributed by atoms with Gasteiger partial charge in [-0.2, -0.15) is 0 Å². The molecule has 0 aliphatic carbocycles. The van der Waals surface area contributed by atoms with Gasteiger partial charge in [0, 0.05) is 44.7 Å². The minimum atomic E-state index is 0.865. The molecule has 202 valence electrons. The second-order valence-electron chi connectivity index (χ2n) is 11.0. The third kappa shape index (κ3) is 3.83. The van der Waals surface area contributed by atoms with Crippen LogP contribution in [-0.4, -0.2) is 0 Å². The predicted molar refractivity (Wildman–Crippen MR) is 179 cm³/mol. The summed E-state index contributed by atoms with van der Waals surface area (Å²) in [7, 11) is 0. The molecule has 2 heterocycles. The van der Waals surface area contributed by atoms with Crippen molar-refractivity contribution in [2.24, 2.45) is 0 Å². The molecule has 3 heteroatoms. The van der Waals surface area contributed by atoms with Crippen LogP contribution in [0, 0.1) is 0 Å². The van der Waals surface area contributed by atoms with E-state index in [1.54, 1.807) is 0 Å². The molecule has 9 rings (SSSR count). The van der Waals surface area contributed by atoms with E-state index in [1.165, 1.54) is 21.9 Å². The van der Waals surface area contributed by atoms with E-state index in [0.717, 1.165) is 60.9 Å². The topological polar surface area (TPSA) is 29.5 Å². The van der Waals surface area contributed by atoms with Crippen LogP contribution in [0.2, 0.25) is 0 Å². The van der Waals surface area contributed by atoms with E-state index in [0.29, 0.717) is 0 Å². The third-order valence-electron chi connectivity index (χ3n) is 8.44. The molecule has 0 radical (unpaired) electrons. The smallest absolute Gasteiger partial charge is 0.137 e. The lowest BCUT2D eigenvalue weighted by Crippen LogP contribution is -2.10. The van der Waals surface area contributed by atoms with Gasteiger partial charge in [0.25, 0.3) is 0 Å². The summed E-state index contributed by atoms with van der Waals surface area (Å²) in [5.74, 6) is 0. The highest BCUT2D eigenvalue weighted by molar-refractivity contribution is 6.08. The quantitative estimate of drug-likeness (QED) is 0.218. The summed E-state index contributed by atoms with van der Waals surface area (Å²) in [6.07, 6.45) is 0. The number of anilines is 3. The minimum absolute atomic E-state index is 0.865.